The van der Waals surface area contributed by atoms with Crippen molar-refractivity contribution >= 4 is 0 Å². The van der Waals surface area contributed by atoms with Crippen LogP contribution in [-0.2, 0) is 0 Å². The summed E-state index contributed by atoms with van der Waals surface area (Å²) in [6.45, 7) is 11.4. The minimum atomic E-state index is 0.887. The van der Waals surface area contributed by atoms with Crippen LogP contribution in [0.1, 0.15) is 27.7 Å². The summed E-state index contributed by atoms with van der Waals surface area (Å²) in [5, 5.41) is 0. The average Bonchev–Trinajstić information content (AvgIpc) is 2.12. The van der Waals surface area contributed by atoms with Crippen LogP contribution in [-0.4, -0.2) is 24.5 Å². The Balaban J connectivity index is 3.84. The molecule has 0 saturated carbocycles. The van der Waals surface area contributed by atoms with E-state index in [4.69, 9.17) is 0 Å². The Bertz CT molecular complexity index is 189. The second-order valence-electron chi connectivity index (χ2n) is 2.73. The van der Waals surface area contributed by atoms with Crippen LogP contribution in [0.5, 0.6) is 0 Å². The average molecular weight is 165 g/mol. The molecule has 0 fully saturated rings. The first-order valence-electron chi connectivity index (χ1n) is 4.58. The fourth-order valence-electron chi connectivity index (χ4n) is 0.810. The standard InChI is InChI=1S/C11H19N/c1-5-11(4)9-8-10-12(6-2)7-3/h5H,6-7,10H2,1-4H3/b11-5+. The van der Waals surface area contributed by atoms with Gasteiger partial charge in [0.15, 0.2) is 0 Å². The van der Waals surface area contributed by atoms with Gasteiger partial charge in [0.25, 0.3) is 0 Å². The molecule has 0 atom stereocenters. The van der Waals surface area contributed by atoms with Gasteiger partial charge in [-0.05, 0) is 32.5 Å². The lowest BCUT2D eigenvalue weighted by atomic mass is 10.3. The molecule has 0 aliphatic rings. The first-order valence-corrected chi connectivity index (χ1v) is 4.58. The third-order valence-electron chi connectivity index (χ3n) is 1.92. The quantitative estimate of drug-likeness (QED) is 0.580. The molecule has 0 aromatic heterocycles. The van der Waals surface area contributed by atoms with Crippen molar-refractivity contribution in [3.8, 4) is 11.8 Å². The highest BCUT2D eigenvalue weighted by atomic mass is 15.1. The molecule has 0 aromatic carbocycles. The Morgan fingerprint density at radius 2 is 1.92 bits per heavy atom. The van der Waals surface area contributed by atoms with Crippen LogP contribution < -0.4 is 0 Å². The molecule has 0 heterocycles. The van der Waals surface area contributed by atoms with Crippen LogP contribution >= 0.6 is 0 Å². The molecule has 0 aliphatic heterocycles. The van der Waals surface area contributed by atoms with E-state index in [-0.39, 0.29) is 0 Å². The lowest BCUT2D eigenvalue weighted by molar-refractivity contribution is 0.342. The topological polar surface area (TPSA) is 3.24 Å². The Labute approximate surface area is 76.5 Å². The van der Waals surface area contributed by atoms with E-state index in [9.17, 15) is 0 Å². The Hall–Kier alpha value is -0.740. The lowest BCUT2D eigenvalue weighted by Crippen LogP contribution is -2.22. The van der Waals surface area contributed by atoms with Crippen molar-refractivity contribution in [3.05, 3.63) is 11.6 Å². The van der Waals surface area contributed by atoms with Crippen LogP contribution in [0.15, 0.2) is 11.6 Å². The molecular weight excluding hydrogens is 146 g/mol. The zero-order chi connectivity index (χ0) is 9.40. The van der Waals surface area contributed by atoms with Gasteiger partial charge in [-0.2, -0.15) is 0 Å². The summed E-state index contributed by atoms with van der Waals surface area (Å²) in [5.74, 6) is 6.25. The Morgan fingerprint density at radius 3 is 2.33 bits per heavy atom. The molecule has 0 aromatic rings. The van der Waals surface area contributed by atoms with Crippen molar-refractivity contribution in [2.45, 2.75) is 27.7 Å². The number of hydrogen-bond donors (Lipinski definition) is 0. The first kappa shape index (κ1) is 11.3. The number of hydrogen-bond acceptors (Lipinski definition) is 1. The van der Waals surface area contributed by atoms with E-state index in [0.29, 0.717) is 0 Å². The molecule has 0 spiro atoms. The van der Waals surface area contributed by atoms with Gasteiger partial charge in [0.2, 0.25) is 0 Å². The summed E-state index contributed by atoms with van der Waals surface area (Å²) >= 11 is 0. The maximum Gasteiger partial charge on any atom is 0.0605 e. The molecule has 0 N–H and O–H groups in total. The molecule has 1 nitrogen and oxygen atoms in total. The highest BCUT2D eigenvalue weighted by molar-refractivity contribution is 5.26. The zero-order valence-electron chi connectivity index (χ0n) is 8.65. The molecule has 68 valence electrons. The molecule has 0 radical (unpaired) electrons. The van der Waals surface area contributed by atoms with E-state index < -0.39 is 0 Å². The normalized spacial score (nSPS) is 11.2. The van der Waals surface area contributed by atoms with Gasteiger partial charge < -0.3 is 0 Å². The van der Waals surface area contributed by atoms with Crippen LogP contribution in [0.3, 0.4) is 0 Å². The van der Waals surface area contributed by atoms with Gasteiger partial charge in [-0.3, -0.25) is 4.90 Å². The summed E-state index contributed by atoms with van der Waals surface area (Å²) in [4.78, 5) is 2.30. The molecular formula is C11H19N. The first-order chi connectivity index (χ1) is 5.74. The summed E-state index contributed by atoms with van der Waals surface area (Å²) in [6.07, 6.45) is 2.04. The molecule has 12 heavy (non-hydrogen) atoms. The number of rotatable bonds is 3. The number of allylic oxidation sites excluding steroid dienone is 2. The highest BCUT2D eigenvalue weighted by Gasteiger charge is 1.92. The van der Waals surface area contributed by atoms with Gasteiger partial charge in [0.05, 0.1) is 6.54 Å². The third-order valence-corrected chi connectivity index (χ3v) is 1.92. The lowest BCUT2D eigenvalue weighted by Gasteiger charge is -2.13. The molecule has 0 aliphatic carbocycles. The van der Waals surface area contributed by atoms with E-state index in [0.717, 1.165) is 25.2 Å². The second-order valence-corrected chi connectivity index (χ2v) is 2.73. The predicted octanol–water partition coefficient (Wildman–Crippen LogP) is 2.30. The van der Waals surface area contributed by atoms with Gasteiger partial charge in [-0.25, -0.2) is 0 Å². The van der Waals surface area contributed by atoms with E-state index in [2.05, 4.69) is 30.6 Å². The van der Waals surface area contributed by atoms with Crippen molar-refractivity contribution in [1.29, 1.82) is 0 Å². The van der Waals surface area contributed by atoms with Crippen LogP contribution in [0, 0.1) is 11.8 Å². The largest absolute Gasteiger partial charge is 0.293 e. The van der Waals surface area contributed by atoms with Crippen LogP contribution in [0.4, 0.5) is 0 Å². The van der Waals surface area contributed by atoms with E-state index in [1.165, 1.54) is 0 Å². The Kier molecular flexibility index (Phi) is 6.51. The van der Waals surface area contributed by atoms with Gasteiger partial charge in [-0.1, -0.05) is 31.8 Å². The highest BCUT2D eigenvalue weighted by Crippen LogP contribution is 1.88. The Morgan fingerprint density at radius 1 is 1.33 bits per heavy atom. The maximum atomic E-state index is 3.15. The summed E-state index contributed by atoms with van der Waals surface area (Å²) < 4.78 is 0. The van der Waals surface area contributed by atoms with Crippen LogP contribution in [0.25, 0.3) is 0 Å². The molecule has 0 amide bonds. The molecule has 1 heteroatoms. The van der Waals surface area contributed by atoms with Crippen molar-refractivity contribution in [2.24, 2.45) is 0 Å². The van der Waals surface area contributed by atoms with Crippen LogP contribution in [0.2, 0.25) is 0 Å². The molecule has 0 bridgehead atoms. The third kappa shape index (κ3) is 4.98. The van der Waals surface area contributed by atoms with Crippen molar-refractivity contribution in [3.63, 3.8) is 0 Å². The van der Waals surface area contributed by atoms with Crippen molar-refractivity contribution < 1.29 is 0 Å². The zero-order valence-corrected chi connectivity index (χ0v) is 8.65. The minimum absolute atomic E-state index is 0.887. The fourth-order valence-corrected chi connectivity index (χ4v) is 0.810. The second kappa shape index (κ2) is 6.94. The SMILES string of the molecule is C/C=C(\C)C#CCN(CC)CC. The summed E-state index contributed by atoms with van der Waals surface area (Å²) in [6, 6.07) is 0. The fraction of sp³-hybridized carbons (Fsp3) is 0.636. The van der Waals surface area contributed by atoms with Gasteiger partial charge in [0, 0.05) is 0 Å². The molecule has 0 rings (SSSR count). The minimum Gasteiger partial charge on any atom is -0.293 e. The summed E-state index contributed by atoms with van der Waals surface area (Å²) in [5.41, 5.74) is 1.15. The molecule has 0 unspecified atom stereocenters. The predicted molar refractivity (Wildman–Crippen MR) is 55.0 cm³/mol. The van der Waals surface area contributed by atoms with Gasteiger partial charge in [-0.15, -0.1) is 0 Å². The number of nitrogens with zero attached hydrogens (tertiary/aromatic N) is 1. The molecule has 0 saturated heterocycles. The maximum absolute atomic E-state index is 3.15. The van der Waals surface area contributed by atoms with E-state index in [1.54, 1.807) is 0 Å². The van der Waals surface area contributed by atoms with E-state index >= 15 is 0 Å². The van der Waals surface area contributed by atoms with Crippen molar-refractivity contribution in [1.82, 2.24) is 4.90 Å². The van der Waals surface area contributed by atoms with Gasteiger partial charge in [0.1, 0.15) is 0 Å². The van der Waals surface area contributed by atoms with E-state index in [1.807, 2.05) is 19.9 Å². The smallest absolute Gasteiger partial charge is 0.0605 e. The summed E-state index contributed by atoms with van der Waals surface area (Å²) in [7, 11) is 0. The van der Waals surface area contributed by atoms with Crippen molar-refractivity contribution in [2.75, 3.05) is 19.6 Å². The monoisotopic (exact) mass is 165 g/mol. The van der Waals surface area contributed by atoms with Gasteiger partial charge >= 0.3 is 0 Å².